The van der Waals surface area contributed by atoms with Gasteiger partial charge >= 0.3 is 5.97 Å². The lowest BCUT2D eigenvalue weighted by molar-refractivity contribution is -0.119. The van der Waals surface area contributed by atoms with Gasteiger partial charge in [-0.1, -0.05) is 12.1 Å². The van der Waals surface area contributed by atoms with Crippen molar-refractivity contribution in [1.29, 1.82) is 5.26 Å². The van der Waals surface area contributed by atoms with Gasteiger partial charge in [0.25, 0.3) is 5.91 Å². The molecule has 0 bridgehead atoms. The molecule has 1 amide bonds. The van der Waals surface area contributed by atoms with E-state index in [0.717, 1.165) is 17.7 Å². The van der Waals surface area contributed by atoms with E-state index in [1.807, 2.05) is 6.07 Å². The van der Waals surface area contributed by atoms with Crippen molar-refractivity contribution in [2.75, 3.05) is 11.9 Å². The van der Waals surface area contributed by atoms with Crippen LogP contribution in [0, 0.1) is 17.1 Å². The van der Waals surface area contributed by atoms with Crippen molar-refractivity contribution in [2.24, 2.45) is 0 Å². The maximum Gasteiger partial charge on any atom is 0.338 e. The first kappa shape index (κ1) is 16.2. The number of hydrogen-bond donors (Lipinski definition) is 1. The van der Waals surface area contributed by atoms with Crippen LogP contribution in [0.1, 0.15) is 15.9 Å². The van der Waals surface area contributed by atoms with Gasteiger partial charge in [-0.2, -0.15) is 5.26 Å². The van der Waals surface area contributed by atoms with Gasteiger partial charge in [-0.3, -0.25) is 4.79 Å². The summed E-state index contributed by atoms with van der Waals surface area (Å²) in [6.45, 7) is -0.448. The summed E-state index contributed by atoms with van der Waals surface area (Å²) in [5.74, 6) is -1.66. The summed E-state index contributed by atoms with van der Waals surface area (Å²) in [5.41, 5.74) is 1.54. The van der Waals surface area contributed by atoms with Crippen LogP contribution < -0.4 is 5.32 Å². The zero-order chi connectivity index (χ0) is 16.7. The van der Waals surface area contributed by atoms with Gasteiger partial charge in [-0.15, -0.1) is 0 Å². The van der Waals surface area contributed by atoms with E-state index < -0.39 is 24.3 Å². The minimum Gasteiger partial charge on any atom is -0.452 e. The van der Waals surface area contributed by atoms with Crippen LogP contribution >= 0.6 is 0 Å². The number of carbonyl (C=O) groups excluding carboxylic acids is 2. The quantitative estimate of drug-likeness (QED) is 0.861. The van der Waals surface area contributed by atoms with E-state index in [2.05, 4.69) is 5.32 Å². The molecule has 23 heavy (non-hydrogen) atoms. The molecule has 0 aromatic heterocycles. The molecule has 6 heteroatoms. The van der Waals surface area contributed by atoms with E-state index in [1.165, 1.54) is 12.1 Å². The highest BCUT2D eigenvalue weighted by Gasteiger charge is 2.10. The minimum atomic E-state index is -0.704. The van der Waals surface area contributed by atoms with E-state index >= 15 is 0 Å². The second kappa shape index (κ2) is 7.71. The van der Waals surface area contributed by atoms with Crippen LogP contribution in [0.2, 0.25) is 0 Å². The summed E-state index contributed by atoms with van der Waals surface area (Å²) in [4.78, 5) is 23.4. The maximum absolute atomic E-state index is 12.7. The molecule has 0 atom stereocenters. The Labute approximate surface area is 132 Å². The zero-order valence-electron chi connectivity index (χ0n) is 12.1. The highest BCUT2D eigenvalue weighted by Crippen LogP contribution is 2.10. The van der Waals surface area contributed by atoms with Gasteiger partial charge in [0, 0.05) is 5.69 Å². The van der Waals surface area contributed by atoms with Crippen molar-refractivity contribution >= 4 is 17.6 Å². The summed E-state index contributed by atoms with van der Waals surface area (Å²) < 4.78 is 17.6. The number of nitriles is 1. The fraction of sp³-hybridized carbons (Fsp3) is 0.118. The molecule has 0 heterocycles. The molecule has 0 fully saturated rings. The summed E-state index contributed by atoms with van der Waals surface area (Å²) >= 11 is 0. The van der Waals surface area contributed by atoms with Crippen molar-refractivity contribution in [3.8, 4) is 6.07 Å². The molecule has 1 N–H and O–H groups in total. The predicted molar refractivity (Wildman–Crippen MR) is 81.1 cm³/mol. The molecule has 0 radical (unpaired) electrons. The number of hydrogen-bond acceptors (Lipinski definition) is 4. The average Bonchev–Trinajstić information content (AvgIpc) is 2.55. The number of nitrogens with one attached hydrogen (secondary N) is 1. The minimum absolute atomic E-state index is 0.167. The molecule has 0 aliphatic carbocycles. The molecule has 0 saturated carbocycles. The normalized spacial score (nSPS) is 9.74. The lowest BCUT2D eigenvalue weighted by Crippen LogP contribution is -2.20. The largest absolute Gasteiger partial charge is 0.452 e. The number of ether oxygens (including phenoxy) is 1. The molecule has 2 aromatic rings. The van der Waals surface area contributed by atoms with Gasteiger partial charge in [0.05, 0.1) is 18.1 Å². The number of halogens is 1. The lowest BCUT2D eigenvalue weighted by Gasteiger charge is -2.07. The Morgan fingerprint density at radius 2 is 1.74 bits per heavy atom. The number of anilines is 1. The second-order valence-corrected chi connectivity index (χ2v) is 4.66. The molecule has 2 rings (SSSR count). The van der Waals surface area contributed by atoms with E-state index in [0.29, 0.717) is 12.1 Å². The third kappa shape index (κ3) is 4.93. The Morgan fingerprint density at radius 3 is 2.35 bits per heavy atom. The number of rotatable bonds is 5. The molecule has 0 aliphatic rings. The van der Waals surface area contributed by atoms with Crippen LogP contribution in [0.25, 0.3) is 0 Å². The van der Waals surface area contributed by atoms with Gasteiger partial charge in [-0.05, 0) is 42.0 Å². The van der Waals surface area contributed by atoms with Gasteiger partial charge in [0.2, 0.25) is 0 Å². The van der Waals surface area contributed by atoms with Gasteiger partial charge in [0.1, 0.15) is 5.82 Å². The average molecular weight is 312 g/mol. The maximum atomic E-state index is 12.7. The number of amides is 1. The Morgan fingerprint density at radius 1 is 1.09 bits per heavy atom. The summed E-state index contributed by atoms with van der Waals surface area (Å²) in [6, 6.07) is 13.6. The Kier molecular flexibility index (Phi) is 5.42. The Bertz CT molecular complexity index is 734. The SMILES string of the molecule is N#CCc1ccc(NC(=O)COC(=O)c2ccc(F)cc2)cc1. The molecular formula is C17H13FN2O3. The topological polar surface area (TPSA) is 79.2 Å². The highest BCUT2D eigenvalue weighted by molar-refractivity contribution is 5.95. The third-order valence-electron chi connectivity index (χ3n) is 2.94. The summed E-state index contributed by atoms with van der Waals surface area (Å²) in [7, 11) is 0. The first-order valence-electron chi connectivity index (χ1n) is 6.77. The van der Waals surface area contributed by atoms with E-state index in [9.17, 15) is 14.0 Å². The first-order valence-corrected chi connectivity index (χ1v) is 6.77. The first-order chi connectivity index (χ1) is 11.1. The summed E-state index contributed by atoms with van der Waals surface area (Å²) in [6.07, 6.45) is 0.295. The molecule has 0 unspecified atom stereocenters. The fourth-order valence-electron chi connectivity index (χ4n) is 1.79. The molecule has 5 nitrogen and oxygen atoms in total. The van der Waals surface area contributed by atoms with Crippen molar-refractivity contribution in [3.63, 3.8) is 0 Å². The monoisotopic (exact) mass is 312 g/mol. The number of esters is 1. The zero-order valence-corrected chi connectivity index (χ0v) is 12.1. The smallest absolute Gasteiger partial charge is 0.338 e. The van der Waals surface area contributed by atoms with Crippen molar-refractivity contribution in [3.05, 3.63) is 65.5 Å². The van der Waals surface area contributed by atoms with Gasteiger partial charge < -0.3 is 10.1 Å². The third-order valence-corrected chi connectivity index (χ3v) is 2.94. The lowest BCUT2D eigenvalue weighted by atomic mass is 10.1. The highest BCUT2D eigenvalue weighted by atomic mass is 19.1. The van der Waals surface area contributed by atoms with Crippen molar-refractivity contribution < 1.29 is 18.7 Å². The molecule has 116 valence electrons. The molecular weight excluding hydrogens is 299 g/mol. The Hall–Kier alpha value is -3.20. The van der Waals surface area contributed by atoms with Crippen LogP contribution in [0.5, 0.6) is 0 Å². The molecule has 0 spiro atoms. The van der Waals surface area contributed by atoms with Crippen molar-refractivity contribution in [1.82, 2.24) is 0 Å². The summed E-state index contributed by atoms with van der Waals surface area (Å²) in [5, 5.41) is 11.1. The van der Waals surface area contributed by atoms with E-state index in [1.54, 1.807) is 24.3 Å². The van der Waals surface area contributed by atoms with Crippen LogP contribution in [-0.4, -0.2) is 18.5 Å². The predicted octanol–water partition coefficient (Wildman–Crippen LogP) is 2.69. The van der Waals surface area contributed by atoms with Crippen LogP contribution in [0.15, 0.2) is 48.5 Å². The van der Waals surface area contributed by atoms with Crippen LogP contribution in [0.4, 0.5) is 10.1 Å². The van der Waals surface area contributed by atoms with E-state index in [4.69, 9.17) is 10.00 Å². The van der Waals surface area contributed by atoms with Crippen LogP contribution in [0.3, 0.4) is 0 Å². The second-order valence-electron chi connectivity index (χ2n) is 4.66. The fourth-order valence-corrected chi connectivity index (χ4v) is 1.79. The van der Waals surface area contributed by atoms with E-state index in [-0.39, 0.29) is 5.56 Å². The molecule has 0 aliphatic heterocycles. The number of carbonyl (C=O) groups is 2. The standard InChI is InChI=1S/C17H13FN2O3/c18-14-5-3-13(4-6-14)17(22)23-11-16(21)20-15-7-1-12(2-8-15)9-10-19/h1-8H,9,11H2,(H,20,21). The number of nitrogens with zero attached hydrogens (tertiary/aromatic N) is 1. The Balaban J connectivity index is 1.84. The van der Waals surface area contributed by atoms with Crippen molar-refractivity contribution in [2.45, 2.75) is 6.42 Å². The molecule has 2 aromatic carbocycles. The van der Waals surface area contributed by atoms with Gasteiger partial charge in [-0.25, -0.2) is 9.18 Å². The van der Waals surface area contributed by atoms with Gasteiger partial charge in [0.15, 0.2) is 6.61 Å². The van der Waals surface area contributed by atoms with Crippen LogP contribution in [-0.2, 0) is 16.0 Å². The molecule has 0 saturated heterocycles. The number of benzene rings is 2.